The Labute approximate surface area is 415 Å². The molecule has 0 atom stereocenters. The van der Waals surface area contributed by atoms with E-state index in [1.165, 1.54) is 26.2 Å². The van der Waals surface area contributed by atoms with Crippen molar-refractivity contribution in [2.24, 2.45) is 23.3 Å². The molecule has 22 nitrogen and oxygen atoms in total. The number of piperidine rings is 2. The molecule has 2 aromatic heterocycles. The van der Waals surface area contributed by atoms with Gasteiger partial charge in [-0.1, -0.05) is 12.1 Å². The minimum absolute atomic E-state index is 0.0874. The fraction of sp³-hybridized carbons (Fsp3) is 0.469. The van der Waals surface area contributed by atoms with E-state index < -0.39 is 23.0 Å². The molecule has 0 unspecified atom stereocenters. The highest BCUT2D eigenvalue weighted by molar-refractivity contribution is 5.98. The van der Waals surface area contributed by atoms with Crippen molar-refractivity contribution < 1.29 is 38.2 Å². The Hall–Kier alpha value is -7.78. The first kappa shape index (κ1) is 55.8. The Morgan fingerprint density at radius 1 is 0.634 bits per heavy atom. The van der Waals surface area contributed by atoms with E-state index in [-0.39, 0.29) is 47.0 Å². The van der Waals surface area contributed by atoms with E-state index in [1.54, 1.807) is 59.2 Å². The van der Waals surface area contributed by atoms with Crippen molar-refractivity contribution in [3.8, 4) is 0 Å². The van der Waals surface area contributed by atoms with Crippen LogP contribution in [0.15, 0.2) is 60.9 Å². The number of benzene rings is 2. The van der Waals surface area contributed by atoms with Gasteiger partial charge in [0, 0.05) is 88.3 Å². The summed E-state index contributed by atoms with van der Waals surface area (Å²) in [6, 6.07) is 14.2. The summed E-state index contributed by atoms with van der Waals surface area (Å²) in [4.78, 5) is 89.9. The molecule has 2 aliphatic rings. The number of carbonyl (C=O) groups excluding carboxylic acids is 6. The van der Waals surface area contributed by atoms with Crippen LogP contribution in [0.25, 0.3) is 0 Å². The average Bonchev–Trinajstić information content (AvgIpc) is 3.27. The number of likely N-dealkylation sites (tertiary alicyclic amines) is 2. The topological polar surface area (TPSA) is 317 Å². The van der Waals surface area contributed by atoms with Crippen molar-refractivity contribution in [1.82, 2.24) is 29.7 Å². The molecular weight excluding hydrogens is 913 g/mol. The van der Waals surface area contributed by atoms with Gasteiger partial charge in [0.1, 0.15) is 28.7 Å². The fourth-order valence-electron chi connectivity index (χ4n) is 7.14. The quantitative estimate of drug-likeness (QED) is 0.0702. The monoisotopic (exact) mass is 983 g/mol. The first-order valence-electron chi connectivity index (χ1n) is 23.4. The normalized spacial score (nSPS) is 14.0. The Morgan fingerprint density at radius 2 is 1.06 bits per heavy atom. The van der Waals surface area contributed by atoms with Gasteiger partial charge in [0.15, 0.2) is 0 Å². The number of nitrogens with two attached hydrogens (primary N) is 3. The maximum absolute atomic E-state index is 12.3. The summed E-state index contributed by atoms with van der Waals surface area (Å²) in [7, 11) is 0. The third-order valence-corrected chi connectivity index (χ3v) is 10.5. The molecule has 0 spiro atoms. The highest BCUT2D eigenvalue weighted by Gasteiger charge is 2.29. The lowest BCUT2D eigenvalue weighted by atomic mass is 9.97. The predicted molar refractivity (Wildman–Crippen MR) is 273 cm³/mol. The van der Waals surface area contributed by atoms with Crippen LogP contribution in [0.1, 0.15) is 108 Å². The minimum Gasteiger partial charge on any atom is -0.444 e. The average molecular weight is 983 g/mol. The lowest BCUT2D eigenvalue weighted by molar-refractivity contribution is -0.115. The van der Waals surface area contributed by atoms with Crippen LogP contribution in [0.4, 0.5) is 49.9 Å². The lowest BCUT2D eigenvalue weighted by Gasteiger charge is -2.33. The van der Waals surface area contributed by atoms with E-state index in [9.17, 15) is 28.8 Å². The summed E-state index contributed by atoms with van der Waals surface area (Å²) in [5.74, 6) is 0.878. The maximum atomic E-state index is 12.3. The molecule has 384 valence electrons. The number of nitrogens with one attached hydrogen (secondary N) is 5. The second kappa shape index (κ2) is 25.7. The second-order valence-electron chi connectivity index (χ2n) is 19.1. The van der Waals surface area contributed by atoms with Crippen molar-refractivity contribution in [2.75, 3.05) is 71.6 Å². The number of nitrogens with zero attached hydrogens (tertiary/aromatic N) is 6. The molecule has 0 saturated carbocycles. The first-order chi connectivity index (χ1) is 33.3. The SMILES string of the molecule is CC(=O)Nc1cccc(N)c1.CC(=O)Nc1cccc(Nc2ncc(C(N)=O)c(NCC3CCN(C(=O)OC(C)(C)C)CC3)n2)c1.Cc1ncc(C(N)=O)c(NCC2CCN(C(=O)OC(C)(C)C)CC2)n1. The summed E-state index contributed by atoms with van der Waals surface area (Å²) in [5.41, 5.74) is 18.5. The summed E-state index contributed by atoms with van der Waals surface area (Å²) in [5, 5.41) is 14.8. The summed E-state index contributed by atoms with van der Waals surface area (Å²) in [6.07, 6.45) is 5.58. The third kappa shape index (κ3) is 20.0. The number of anilines is 7. The van der Waals surface area contributed by atoms with Crippen molar-refractivity contribution in [3.63, 3.8) is 0 Å². The van der Waals surface area contributed by atoms with Gasteiger partial charge in [-0.15, -0.1) is 0 Å². The van der Waals surface area contributed by atoms with Crippen LogP contribution in [0.3, 0.4) is 0 Å². The number of amides is 6. The van der Waals surface area contributed by atoms with E-state index >= 15 is 0 Å². The molecule has 0 aliphatic carbocycles. The lowest BCUT2D eigenvalue weighted by Crippen LogP contribution is -2.42. The zero-order valence-electron chi connectivity index (χ0n) is 42.2. The third-order valence-electron chi connectivity index (χ3n) is 10.5. The van der Waals surface area contributed by atoms with Crippen molar-refractivity contribution >= 4 is 76.1 Å². The maximum Gasteiger partial charge on any atom is 0.410 e. The number of aromatic nitrogens is 4. The number of hydrogen-bond acceptors (Lipinski definition) is 16. The van der Waals surface area contributed by atoms with Gasteiger partial charge < -0.3 is 63.1 Å². The van der Waals surface area contributed by atoms with Crippen LogP contribution in [0.2, 0.25) is 0 Å². The largest absolute Gasteiger partial charge is 0.444 e. The predicted octanol–water partition coefficient (Wildman–Crippen LogP) is 6.51. The van der Waals surface area contributed by atoms with Gasteiger partial charge in [-0.05, 0) is 122 Å². The van der Waals surface area contributed by atoms with E-state index in [1.807, 2.05) is 47.6 Å². The second-order valence-corrected chi connectivity index (χ2v) is 19.1. The molecule has 11 N–H and O–H groups in total. The number of rotatable bonds is 12. The Bertz CT molecular complexity index is 2480. The molecule has 0 bridgehead atoms. The van der Waals surface area contributed by atoms with Gasteiger partial charge in [0.05, 0.1) is 11.1 Å². The zero-order chi connectivity index (χ0) is 52.5. The van der Waals surface area contributed by atoms with Crippen molar-refractivity contribution in [2.45, 2.75) is 99.2 Å². The summed E-state index contributed by atoms with van der Waals surface area (Å²) in [6.45, 7) is 19.5. The molecule has 2 aromatic carbocycles. The molecule has 2 fully saturated rings. The Balaban J connectivity index is 0.000000263. The Kier molecular flexibility index (Phi) is 20.2. The summed E-state index contributed by atoms with van der Waals surface area (Å²) >= 11 is 0. The Morgan fingerprint density at radius 3 is 1.49 bits per heavy atom. The fourth-order valence-corrected chi connectivity index (χ4v) is 7.14. The first-order valence-corrected chi connectivity index (χ1v) is 23.4. The number of ether oxygens (including phenoxy) is 2. The molecule has 6 amide bonds. The van der Waals surface area contributed by atoms with Crippen LogP contribution >= 0.6 is 0 Å². The van der Waals surface area contributed by atoms with Crippen LogP contribution in [0, 0.1) is 18.8 Å². The van der Waals surface area contributed by atoms with Crippen LogP contribution in [-0.4, -0.2) is 116 Å². The highest BCUT2D eigenvalue weighted by atomic mass is 16.6. The number of hydrogen-bond donors (Lipinski definition) is 8. The van der Waals surface area contributed by atoms with Crippen LogP contribution < -0.4 is 43.8 Å². The number of nitrogen functional groups attached to an aromatic ring is 1. The molecule has 71 heavy (non-hydrogen) atoms. The minimum atomic E-state index is -0.633. The van der Waals surface area contributed by atoms with Gasteiger partial charge in [0.2, 0.25) is 17.8 Å². The standard InChI is InChI=1S/C24H33N7O4.C17H27N5O3.C8H10N2O/c1-15(32)28-17-6-5-7-18(12-17)29-22-27-14-19(20(25)33)21(30-22)26-13-16-8-10-31(11-9-16)23(34)35-24(2,3)4;1-11-19-10-13(14(18)23)15(21-11)20-9-12-5-7-22(8-6-12)16(24)25-17(2,3)4;1-6(11)10-8-4-2-3-7(9)5-8/h5-7,12,14,16H,8-11,13H2,1-4H3,(H2,25,33)(H,28,32)(H2,26,27,29,30);10,12H,5-9H2,1-4H3,(H2,18,23)(H,19,20,21);2-5H,9H2,1H3,(H,10,11). The molecule has 4 aromatic rings. The highest BCUT2D eigenvalue weighted by Crippen LogP contribution is 2.25. The van der Waals surface area contributed by atoms with Gasteiger partial charge in [-0.2, -0.15) is 4.98 Å². The van der Waals surface area contributed by atoms with E-state index in [0.29, 0.717) is 79.7 Å². The van der Waals surface area contributed by atoms with Crippen molar-refractivity contribution in [3.05, 3.63) is 77.9 Å². The van der Waals surface area contributed by atoms with Crippen molar-refractivity contribution in [1.29, 1.82) is 0 Å². The number of carbonyl (C=O) groups is 6. The smallest absolute Gasteiger partial charge is 0.410 e. The molecule has 6 rings (SSSR count). The van der Waals surface area contributed by atoms with Crippen LogP contribution in [0.5, 0.6) is 0 Å². The molecular formula is C49H70N14O8. The van der Waals surface area contributed by atoms with E-state index in [4.69, 9.17) is 26.7 Å². The van der Waals surface area contributed by atoms with Gasteiger partial charge in [0.25, 0.3) is 11.8 Å². The van der Waals surface area contributed by atoms with Gasteiger partial charge in [-0.25, -0.2) is 24.5 Å². The number of primary amides is 2. The van der Waals surface area contributed by atoms with E-state index in [0.717, 1.165) is 31.4 Å². The molecule has 2 saturated heterocycles. The zero-order valence-corrected chi connectivity index (χ0v) is 42.2. The molecule has 22 heteroatoms. The van der Waals surface area contributed by atoms with Crippen LogP contribution in [-0.2, 0) is 19.1 Å². The van der Waals surface area contributed by atoms with Gasteiger partial charge in [-0.3, -0.25) is 19.2 Å². The number of aryl methyl sites for hydroxylation is 1. The molecule has 2 aliphatic heterocycles. The molecule has 0 radical (unpaired) electrons. The van der Waals surface area contributed by atoms with Gasteiger partial charge >= 0.3 is 12.2 Å². The molecule has 4 heterocycles. The van der Waals surface area contributed by atoms with E-state index in [2.05, 4.69) is 46.5 Å². The summed E-state index contributed by atoms with van der Waals surface area (Å²) < 4.78 is 10.8.